The Morgan fingerprint density at radius 3 is 2.47 bits per heavy atom. The van der Waals surface area contributed by atoms with Crippen molar-refractivity contribution in [1.82, 2.24) is 9.03 Å². The van der Waals surface area contributed by atoms with Gasteiger partial charge in [0.05, 0.1) is 16.9 Å². The summed E-state index contributed by atoms with van der Waals surface area (Å²) in [6.45, 7) is 2.52. The minimum Gasteiger partial charge on any atom is -0.497 e. The van der Waals surface area contributed by atoms with Crippen LogP contribution >= 0.6 is 0 Å². The van der Waals surface area contributed by atoms with Crippen molar-refractivity contribution in [2.45, 2.75) is 48.4 Å². The zero-order valence-electron chi connectivity index (χ0n) is 17.2. The van der Waals surface area contributed by atoms with Crippen LogP contribution in [0.1, 0.15) is 31.2 Å². The smallest absolute Gasteiger partial charge is 0.243 e. The summed E-state index contributed by atoms with van der Waals surface area (Å²) < 4.78 is 60.6. The van der Waals surface area contributed by atoms with Crippen molar-refractivity contribution < 1.29 is 21.6 Å². The fourth-order valence-corrected chi connectivity index (χ4v) is 6.44. The highest BCUT2D eigenvalue weighted by Gasteiger charge is 2.33. The third-order valence-corrected chi connectivity index (χ3v) is 8.75. The molecular formula is C21H28N2O5S2. The van der Waals surface area contributed by atoms with Gasteiger partial charge >= 0.3 is 0 Å². The van der Waals surface area contributed by atoms with Gasteiger partial charge in [0.25, 0.3) is 0 Å². The highest BCUT2D eigenvalue weighted by Crippen LogP contribution is 2.27. The van der Waals surface area contributed by atoms with E-state index in [0.717, 1.165) is 18.4 Å². The topological polar surface area (TPSA) is 92.8 Å². The molecule has 0 spiro atoms. The lowest BCUT2D eigenvalue weighted by molar-refractivity contribution is 0.242. The van der Waals surface area contributed by atoms with E-state index in [-0.39, 0.29) is 22.4 Å². The summed E-state index contributed by atoms with van der Waals surface area (Å²) in [5, 5.41) is 0. The number of sulfonamides is 2. The van der Waals surface area contributed by atoms with Gasteiger partial charge < -0.3 is 4.74 Å². The predicted molar refractivity (Wildman–Crippen MR) is 116 cm³/mol. The monoisotopic (exact) mass is 452 g/mol. The van der Waals surface area contributed by atoms with E-state index in [1.54, 1.807) is 36.4 Å². The van der Waals surface area contributed by atoms with Gasteiger partial charge in [0.2, 0.25) is 20.0 Å². The van der Waals surface area contributed by atoms with Crippen molar-refractivity contribution >= 4 is 20.0 Å². The number of piperidine rings is 1. The first-order chi connectivity index (χ1) is 14.2. The number of rotatable bonds is 8. The summed E-state index contributed by atoms with van der Waals surface area (Å²) in [4.78, 5) is 0.395. The summed E-state index contributed by atoms with van der Waals surface area (Å²) in [6, 6.07) is 12.8. The number of nitrogens with zero attached hydrogens (tertiary/aromatic N) is 1. The molecule has 164 valence electrons. The molecule has 7 nitrogen and oxygen atoms in total. The van der Waals surface area contributed by atoms with Gasteiger partial charge in [-0.25, -0.2) is 21.6 Å². The molecule has 0 bridgehead atoms. The first-order valence-electron chi connectivity index (χ1n) is 9.96. The van der Waals surface area contributed by atoms with Crippen LogP contribution in [0.25, 0.3) is 0 Å². The average Bonchev–Trinajstić information content (AvgIpc) is 2.74. The van der Waals surface area contributed by atoms with Crippen LogP contribution in [-0.2, 0) is 20.0 Å². The molecule has 30 heavy (non-hydrogen) atoms. The van der Waals surface area contributed by atoms with E-state index >= 15 is 0 Å². The molecular weight excluding hydrogens is 424 g/mol. The quantitative estimate of drug-likeness (QED) is 0.665. The van der Waals surface area contributed by atoms with Crippen LogP contribution in [0.3, 0.4) is 0 Å². The summed E-state index contributed by atoms with van der Waals surface area (Å²) in [5.41, 5.74) is 0.996. The summed E-state index contributed by atoms with van der Waals surface area (Å²) in [6.07, 6.45) is 2.85. The molecule has 0 aliphatic carbocycles. The lowest BCUT2D eigenvalue weighted by Crippen LogP contribution is -2.45. The van der Waals surface area contributed by atoms with Gasteiger partial charge in [0, 0.05) is 25.2 Å². The molecule has 0 aromatic heterocycles. The minimum absolute atomic E-state index is 0.120. The molecule has 0 radical (unpaired) electrons. The fourth-order valence-electron chi connectivity index (χ4n) is 3.64. The van der Waals surface area contributed by atoms with Gasteiger partial charge in [-0.3, -0.25) is 0 Å². The highest BCUT2D eigenvalue weighted by atomic mass is 32.2. The SMILES string of the molecule is COc1cccc(S(=O)(=O)NCCC2CCCCN2S(=O)(=O)c2ccc(C)cc2)c1. The Kier molecular flexibility index (Phi) is 7.18. The maximum absolute atomic E-state index is 13.1. The van der Waals surface area contributed by atoms with Crippen molar-refractivity contribution in [3.05, 3.63) is 54.1 Å². The van der Waals surface area contributed by atoms with Crippen LogP contribution in [0.4, 0.5) is 0 Å². The Morgan fingerprint density at radius 1 is 1.03 bits per heavy atom. The molecule has 2 aromatic carbocycles. The number of benzene rings is 2. The minimum atomic E-state index is -3.70. The summed E-state index contributed by atoms with van der Waals surface area (Å²) in [7, 11) is -5.84. The van der Waals surface area contributed by atoms with Crippen molar-refractivity contribution in [2.24, 2.45) is 0 Å². The normalized spacial score (nSPS) is 18.3. The molecule has 1 atom stereocenters. The molecule has 9 heteroatoms. The fraction of sp³-hybridized carbons (Fsp3) is 0.429. The number of hydrogen-bond donors (Lipinski definition) is 1. The molecule has 3 rings (SSSR count). The number of aryl methyl sites for hydroxylation is 1. The molecule has 1 heterocycles. The van der Waals surface area contributed by atoms with Crippen molar-refractivity contribution in [3.8, 4) is 5.75 Å². The maximum Gasteiger partial charge on any atom is 0.243 e. The maximum atomic E-state index is 13.1. The average molecular weight is 453 g/mol. The zero-order chi connectivity index (χ0) is 21.8. The number of ether oxygens (including phenoxy) is 1. The van der Waals surface area contributed by atoms with Crippen LogP contribution in [0.2, 0.25) is 0 Å². The van der Waals surface area contributed by atoms with Crippen LogP contribution < -0.4 is 9.46 Å². The number of hydrogen-bond acceptors (Lipinski definition) is 5. The molecule has 1 saturated heterocycles. The highest BCUT2D eigenvalue weighted by molar-refractivity contribution is 7.89. The molecule has 1 aliphatic rings. The van der Waals surface area contributed by atoms with Gasteiger partial charge in [0.15, 0.2) is 0 Å². The van der Waals surface area contributed by atoms with Crippen molar-refractivity contribution in [3.63, 3.8) is 0 Å². The van der Waals surface area contributed by atoms with Crippen molar-refractivity contribution in [1.29, 1.82) is 0 Å². The summed E-state index contributed by atoms with van der Waals surface area (Å²) >= 11 is 0. The van der Waals surface area contributed by atoms with Gasteiger partial charge in [0.1, 0.15) is 5.75 Å². The molecule has 1 N–H and O–H groups in total. The first-order valence-corrected chi connectivity index (χ1v) is 12.9. The zero-order valence-corrected chi connectivity index (χ0v) is 18.9. The van der Waals surface area contributed by atoms with E-state index < -0.39 is 20.0 Å². The molecule has 0 saturated carbocycles. The van der Waals surface area contributed by atoms with E-state index in [4.69, 9.17) is 4.74 Å². The van der Waals surface area contributed by atoms with Gasteiger partial charge in [-0.15, -0.1) is 0 Å². The van der Waals surface area contributed by atoms with E-state index in [9.17, 15) is 16.8 Å². The Labute approximate surface area is 179 Å². The van der Waals surface area contributed by atoms with Crippen LogP contribution in [0.5, 0.6) is 5.75 Å². The molecule has 1 unspecified atom stereocenters. The summed E-state index contributed by atoms with van der Waals surface area (Å²) in [5.74, 6) is 0.459. The Morgan fingerprint density at radius 2 is 1.77 bits per heavy atom. The second kappa shape index (κ2) is 9.47. The van der Waals surface area contributed by atoms with E-state index in [2.05, 4.69) is 4.72 Å². The third kappa shape index (κ3) is 5.21. The standard InChI is InChI=1S/C21H28N2O5S2/c1-17-9-11-20(12-10-17)30(26,27)23-15-4-3-6-18(23)13-14-22-29(24,25)21-8-5-7-19(16-21)28-2/h5,7-12,16,18,22H,3-4,6,13-15H2,1-2H3. The Hall–Kier alpha value is -1.94. The van der Waals surface area contributed by atoms with Gasteiger partial charge in [-0.05, 0) is 50.5 Å². The van der Waals surface area contributed by atoms with Gasteiger partial charge in [-0.1, -0.05) is 30.2 Å². The van der Waals surface area contributed by atoms with E-state index in [1.165, 1.54) is 23.5 Å². The number of methoxy groups -OCH3 is 1. The van der Waals surface area contributed by atoms with Crippen LogP contribution in [0.15, 0.2) is 58.3 Å². The Balaban J connectivity index is 1.69. The molecule has 0 amide bonds. The van der Waals surface area contributed by atoms with E-state index in [1.807, 2.05) is 6.92 Å². The molecule has 1 aliphatic heterocycles. The number of nitrogens with one attached hydrogen (secondary N) is 1. The van der Waals surface area contributed by atoms with Gasteiger partial charge in [-0.2, -0.15) is 4.31 Å². The van der Waals surface area contributed by atoms with Crippen LogP contribution in [-0.4, -0.2) is 47.4 Å². The van der Waals surface area contributed by atoms with Crippen molar-refractivity contribution in [2.75, 3.05) is 20.2 Å². The largest absolute Gasteiger partial charge is 0.497 e. The lowest BCUT2D eigenvalue weighted by Gasteiger charge is -2.34. The predicted octanol–water partition coefficient (Wildman–Crippen LogP) is 2.92. The van der Waals surface area contributed by atoms with Crippen LogP contribution in [0, 0.1) is 6.92 Å². The second-order valence-electron chi connectivity index (χ2n) is 7.44. The Bertz CT molecular complexity index is 1070. The third-order valence-electron chi connectivity index (χ3n) is 5.32. The lowest BCUT2D eigenvalue weighted by atomic mass is 10.0. The molecule has 1 fully saturated rings. The first kappa shape index (κ1) is 22.7. The molecule has 2 aromatic rings. The second-order valence-corrected chi connectivity index (χ2v) is 11.1. The van der Waals surface area contributed by atoms with E-state index in [0.29, 0.717) is 25.1 Å².